The fraction of sp³-hybridized carbons (Fsp3) is 0.458. The Hall–Kier alpha value is -2.89. The Labute approximate surface area is 177 Å². The van der Waals surface area contributed by atoms with Gasteiger partial charge >= 0.3 is 5.97 Å². The molecule has 0 bridgehead atoms. The maximum absolute atomic E-state index is 12.8. The van der Waals surface area contributed by atoms with Crippen LogP contribution in [0.25, 0.3) is 10.9 Å². The van der Waals surface area contributed by atoms with Gasteiger partial charge < -0.3 is 15.0 Å². The summed E-state index contributed by atoms with van der Waals surface area (Å²) in [7, 11) is 0. The van der Waals surface area contributed by atoms with Gasteiger partial charge in [-0.15, -0.1) is 0 Å². The highest BCUT2D eigenvalue weighted by Crippen LogP contribution is 2.27. The molecule has 1 saturated heterocycles. The molecule has 0 radical (unpaired) electrons. The van der Waals surface area contributed by atoms with E-state index in [1.165, 1.54) is 18.4 Å². The number of nitrogens with one attached hydrogen (secondary N) is 1. The monoisotopic (exact) mass is 407 g/mol. The Balaban J connectivity index is 1.38. The number of rotatable bonds is 7. The zero-order valence-corrected chi connectivity index (χ0v) is 17.4. The number of pyridine rings is 1. The van der Waals surface area contributed by atoms with Gasteiger partial charge in [-0.2, -0.15) is 0 Å². The van der Waals surface area contributed by atoms with E-state index in [1.54, 1.807) is 0 Å². The molecule has 1 aromatic carbocycles. The normalized spacial score (nSPS) is 16.4. The first-order valence-corrected chi connectivity index (χ1v) is 11.0. The number of amides is 1. The summed E-state index contributed by atoms with van der Waals surface area (Å²) in [5.74, 6) is -0.114. The average Bonchev–Trinajstić information content (AvgIpc) is 3.32. The van der Waals surface area contributed by atoms with Crippen LogP contribution in [0, 0.1) is 0 Å². The van der Waals surface area contributed by atoms with Crippen LogP contribution in [-0.4, -0.2) is 43.1 Å². The number of fused-ring (bicyclic) bond motifs is 1. The van der Waals surface area contributed by atoms with Crippen molar-refractivity contribution in [1.29, 1.82) is 0 Å². The van der Waals surface area contributed by atoms with Crippen molar-refractivity contribution in [3.05, 3.63) is 47.5 Å². The Morgan fingerprint density at radius 1 is 1.10 bits per heavy atom. The molecule has 2 heterocycles. The smallest absolute Gasteiger partial charge is 0.342 e. The fourth-order valence-corrected chi connectivity index (χ4v) is 4.18. The number of ether oxygens (including phenoxy) is 1. The minimum Gasteiger partial charge on any atom is -0.452 e. The molecule has 1 fully saturated rings. The lowest BCUT2D eigenvalue weighted by molar-refractivity contribution is -0.124. The zero-order chi connectivity index (χ0) is 20.8. The van der Waals surface area contributed by atoms with Crippen LogP contribution in [0.5, 0.6) is 0 Å². The maximum Gasteiger partial charge on any atom is 0.342 e. The van der Waals surface area contributed by atoms with Crippen LogP contribution in [-0.2, 0) is 9.53 Å². The third-order valence-electron chi connectivity index (χ3n) is 5.82. The molecule has 30 heavy (non-hydrogen) atoms. The standard InChI is InChI=1S/C24H29N3O3/c28-22(25-13-12-18-8-2-1-3-9-18)17-30-24(29)20-16-19-10-4-5-11-21(19)26-23(20)27-14-6-7-15-27/h4-5,8,10-11,16H,1-3,6-7,9,12-15,17H2,(H,25,28). The first-order chi connectivity index (χ1) is 14.7. The molecule has 158 valence electrons. The summed E-state index contributed by atoms with van der Waals surface area (Å²) < 4.78 is 5.35. The molecule has 2 aliphatic rings. The molecule has 4 rings (SSSR count). The van der Waals surface area contributed by atoms with E-state index in [0.29, 0.717) is 17.9 Å². The van der Waals surface area contributed by atoms with Crippen molar-refractivity contribution in [2.24, 2.45) is 0 Å². The third kappa shape index (κ3) is 4.99. The molecule has 6 nitrogen and oxygen atoms in total. The van der Waals surface area contributed by atoms with Crippen molar-refractivity contribution in [2.75, 3.05) is 31.1 Å². The Kier molecular flexibility index (Phi) is 6.62. The highest BCUT2D eigenvalue weighted by atomic mass is 16.5. The number of hydrogen-bond donors (Lipinski definition) is 1. The highest BCUT2D eigenvalue weighted by molar-refractivity contribution is 6.00. The van der Waals surface area contributed by atoms with Gasteiger partial charge in [0.25, 0.3) is 5.91 Å². The van der Waals surface area contributed by atoms with Crippen molar-refractivity contribution >= 4 is 28.6 Å². The van der Waals surface area contributed by atoms with E-state index in [1.807, 2.05) is 30.3 Å². The number of hydrogen-bond acceptors (Lipinski definition) is 5. The molecule has 0 spiro atoms. The molecule has 0 unspecified atom stereocenters. The molecule has 0 atom stereocenters. The van der Waals surface area contributed by atoms with E-state index in [2.05, 4.69) is 16.3 Å². The van der Waals surface area contributed by atoms with Gasteiger partial charge in [-0.3, -0.25) is 4.79 Å². The number of nitrogens with zero attached hydrogens (tertiary/aromatic N) is 2. The first-order valence-electron chi connectivity index (χ1n) is 11.0. The van der Waals surface area contributed by atoms with Gasteiger partial charge in [0.05, 0.1) is 5.52 Å². The summed E-state index contributed by atoms with van der Waals surface area (Å²) in [6.45, 7) is 2.06. The third-order valence-corrected chi connectivity index (χ3v) is 5.82. The van der Waals surface area contributed by atoms with E-state index < -0.39 is 5.97 Å². The van der Waals surface area contributed by atoms with Crippen LogP contribution in [0.4, 0.5) is 5.82 Å². The highest BCUT2D eigenvalue weighted by Gasteiger charge is 2.23. The molecule has 1 aliphatic carbocycles. The van der Waals surface area contributed by atoms with Crippen molar-refractivity contribution < 1.29 is 14.3 Å². The number of allylic oxidation sites excluding steroid dienone is 1. The van der Waals surface area contributed by atoms with E-state index in [9.17, 15) is 9.59 Å². The van der Waals surface area contributed by atoms with E-state index in [-0.39, 0.29) is 12.5 Å². The molecule has 2 aromatic rings. The Morgan fingerprint density at radius 3 is 2.73 bits per heavy atom. The maximum atomic E-state index is 12.8. The van der Waals surface area contributed by atoms with Gasteiger partial charge in [0, 0.05) is 25.0 Å². The molecule has 1 amide bonds. The van der Waals surface area contributed by atoms with Crippen LogP contribution in [0.2, 0.25) is 0 Å². The predicted molar refractivity (Wildman–Crippen MR) is 118 cm³/mol. The number of esters is 1. The summed E-state index contributed by atoms with van der Waals surface area (Å²) in [6.07, 6.45) is 10.1. The number of carbonyl (C=O) groups is 2. The minimum absolute atomic E-state index is 0.267. The van der Waals surface area contributed by atoms with Gasteiger partial charge in [0.15, 0.2) is 6.61 Å². The lowest BCUT2D eigenvalue weighted by Crippen LogP contribution is -2.30. The number of para-hydroxylation sites is 1. The van der Waals surface area contributed by atoms with E-state index in [4.69, 9.17) is 9.72 Å². The molecular formula is C24H29N3O3. The Morgan fingerprint density at radius 2 is 1.93 bits per heavy atom. The quantitative estimate of drug-likeness (QED) is 0.555. The Bertz CT molecular complexity index is 948. The van der Waals surface area contributed by atoms with Gasteiger partial charge in [-0.1, -0.05) is 29.8 Å². The molecule has 6 heteroatoms. The fourth-order valence-electron chi connectivity index (χ4n) is 4.18. The second kappa shape index (κ2) is 9.74. The lowest BCUT2D eigenvalue weighted by atomic mass is 9.97. The topological polar surface area (TPSA) is 71.5 Å². The van der Waals surface area contributed by atoms with Crippen LogP contribution in [0.1, 0.15) is 55.3 Å². The predicted octanol–water partition coefficient (Wildman–Crippen LogP) is 4.00. The van der Waals surface area contributed by atoms with E-state index in [0.717, 1.165) is 56.1 Å². The number of anilines is 1. The zero-order valence-electron chi connectivity index (χ0n) is 17.4. The van der Waals surface area contributed by atoms with Crippen molar-refractivity contribution in [1.82, 2.24) is 10.3 Å². The molecule has 0 saturated carbocycles. The summed E-state index contributed by atoms with van der Waals surface area (Å²) >= 11 is 0. The number of benzene rings is 1. The van der Waals surface area contributed by atoms with Gasteiger partial charge in [0.2, 0.25) is 0 Å². The minimum atomic E-state index is -0.500. The summed E-state index contributed by atoms with van der Waals surface area (Å²) in [4.78, 5) is 31.8. The van der Waals surface area contributed by atoms with Crippen LogP contribution in [0.3, 0.4) is 0 Å². The van der Waals surface area contributed by atoms with E-state index >= 15 is 0 Å². The molecular weight excluding hydrogens is 378 g/mol. The van der Waals surface area contributed by atoms with Gasteiger partial charge in [-0.05, 0) is 57.1 Å². The number of aromatic nitrogens is 1. The summed E-state index contributed by atoms with van der Waals surface area (Å²) in [6, 6.07) is 9.56. The molecule has 1 aromatic heterocycles. The van der Waals surface area contributed by atoms with Crippen LogP contribution < -0.4 is 10.2 Å². The SMILES string of the molecule is O=C(COC(=O)c1cc2ccccc2nc1N1CCCC1)NCCC1=CCCCC1. The van der Waals surface area contributed by atoms with Crippen LogP contribution >= 0.6 is 0 Å². The largest absolute Gasteiger partial charge is 0.452 e. The summed E-state index contributed by atoms with van der Waals surface area (Å²) in [5.41, 5.74) is 2.69. The first kappa shape index (κ1) is 20.4. The second-order valence-corrected chi connectivity index (χ2v) is 8.03. The van der Waals surface area contributed by atoms with Crippen molar-refractivity contribution in [2.45, 2.75) is 44.9 Å². The number of carbonyl (C=O) groups excluding carboxylic acids is 2. The van der Waals surface area contributed by atoms with Crippen molar-refractivity contribution in [3.8, 4) is 0 Å². The summed E-state index contributed by atoms with van der Waals surface area (Å²) in [5, 5.41) is 3.74. The average molecular weight is 408 g/mol. The second-order valence-electron chi connectivity index (χ2n) is 8.03. The molecule has 1 N–H and O–H groups in total. The van der Waals surface area contributed by atoms with Crippen LogP contribution in [0.15, 0.2) is 42.0 Å². The van der Waals surface area contributed by atoms with Gasteiger partial charge in [-0.25, -0.2) is 9.78 Å². The lowest BCUT2D eigenvalue weighted by Gasteiger charge is -2.20. The molecule has 1 aliphatic heterocycles. The van der Waals surface area contributed by atoms with Gasteiger partial charge in [0.1, 0.15) is 11.4 Å². The van der Waals surface area contributed by atoms with Crippen molar-refractivity contribution in [3.63, 3.8) is 0 Å².